The van der Waals surface area contributed by atoms with Gasteiger partial charge in [0.1, 0.15) is 5.69 Å². The van der Waals surface area contributed by atoms with Crippen LogP contribution < -0.4 is 5.32 Å². The Labute approximate surface area is 130 Å². The third kappa shape index (κ3) is 3.33. The molecule has 118 valence electrons. The van der Waals surface area contributed by atoms with Crippen LogP contribution in [0.3, 0.4) is 0 Å². The number of benzene rings is 1. The van der Waals surface area contributed by atoms with Crippen molar-refractivity contribution in [3.63, 3.8) is 0 Å². The summed E-state index contributed by atoms with van der Waals surface area (Å²) in [6.07, 6.45) is 1.89. The normalized spacial score (nSPS) is 11.0. The Bertz CT molecular complexity index is 647. The van der Waals surface area contributed by atoms with Crippen molar-refractivity contribution in [2.24, 2.45) is 0 Å². The number of rotatable bonds is 6. The second-order valence-corrected chi connectivity index (χ2v) is 5.24. The summed E-state index contributed by atoms with van der Waals surface area (Å²) in [7, 11) is 0. The van der Waals surface area contributed by atoms with Gasteiger partial charge in [-0.05, 0) is 31.0 Å². The average Bonchev–Trinajstić information content (AvgIpc) is 2.92. The standard InChI is InChI=1S/C16H22N4O2/c1-4-12(5-2)16-15(10-21)18-19-20(16)14-8-6-7-13(9-14)17-11(3)22/h6-9,12,21H,4-5,10H2,1-3H3,(H,17,22). The zero-order valence-electron chi connectivity index (χ0n) is 13.2. The van der Waals surface area contributed by atoms with Gasteiger partial charge in [-0.15, -0.1) is 5.10 Å². The maximum Gasteiger partial charge on any atom is 0.221 e. The van der Waals surface area contributed by atoms with Crippen molar-refractivity contribution in [2.45, 2.75) is 46.1 Å². The van der Waals surface area contributed by atoms with Crippen LogP contribution in [0.5, 0.6) is 0 Å². The number of carbonyl (C=O) groups is 1. The zero-order valence-corrected chi connectivity index (χ0v) is 13.2. The number of amides is 1. The molecule has 0 aliphatic rings. The van der Waals surface area contributed by atoms with Crippen LogP contribution in [-0.4, -0.2) is 26.0 Å². The Morgan fingerprint density at radius 1 is 1.36 bits per heavy atom. The first-order valence-corrected chi connectivity index (χ1v) is 7.54. The molecule has 0 atom stereocenters. The molecule has 0 spiro atoms. The van der Waals surface area contributed by atoms with E-state index in [0.29, 0.717) is 11.4 Å². The summed E-state index contributed by atoms with van der Waals surface area (Å²) in [6, 6.07) is 7.44. The summed E-state index contributed by atoms with van der Waals surface area (Å²) in [5, 5.41) is 20.6. The van der Waals surface area contributed by atoms with Crippen molar-refractivity contribution in [1.82, 2.24) is 15.0 Å². The highest BCUT2D eigenvalue weighted by atomic mass is 16.3. The lowest BCUT2D eigenvalue weighted by Gasteiger charge is -2.16. The number of aliphatic hydroxyl groups excluding tert-OH is 1. The number of aliphatic hydroxyl groups is 1. The summed E-state index contributed by atoms with van der Waals surface area (Å²) in [5.41, 5.74) is 3.08. The molecule has 0 aliphatic heterocycles. The number of carbonyl (C=O) groups excluding carboxylic acids is 1. The molecule has 1 amide bonds. The molecule has 22 heavy (non-hydrogen) atoms. The van der Waals surface area contributed by atoms with Gasteiger partial charge in [0, 0.05) is 18.5 Å². The summed E-state index contributed by atoms with van der Waals surface area (Å²) in [6.45, 7) is 5.57. The van der Waals surface area contributed by atoms with E-state index in [9.17, 15) is 9.90 Å². The Balaban J connectivity index is 2.48. The zero-order chi connectivity index (χ0) is 16.1. The molecular weight excluding hydrogens is 280 g/mol. The Kier molecular flexibility index (Phi) is 5.27. The summed E-state index contributed by atoms with van der Waals surface area (Å²) >= 11 is 0. The van der Waals surface area contributed by atoms with E-state index in [1.807, 2.05) is 24.3 Å². The van der Waals surface area contributed by atoms with Gasteiger partial charge in [-0.1, -0.05) is 25.1 Å². The number of nitrogens with zero attached hydrogens (tertiary/aromatic N) is 3. The van der Waals surface area contributed by atoms with Gasteiger partial charge in [-0.25, -0.2) is 4.68 Å². The predicted octanol–water partition coefficient (Wildman–Crippen LogP) is 2.62. The molecule has 0 radical (unpaired) electrons. The van der Waals surface area contributed by atoms with Crippen LogP contribution in [0, 0.1) is 0 Å². The minimum Gasteiger partial charge on any atom is -0.390 e. The Morgan fingerprint density at radius 2 is 2.09 bits per heavy atom. The van der Waals surface area contributed by atoms with Gasteiger partial charge < -0.3 is 10.4 Å². The fourth-order valence-electron chi connectivity index (χ4n) is 2.63. The minimum absolute atomic E-state index is 0.119. The van der Waals surface area contributed by atoms with Crippen LogP contribution >= 0.6 is 0 Å². The lowest BCUT2D eigenvalue weighted by Crippen LogP contribution is -2.10. The van der Waals surface area contributed by atoms with E-state index in [1.165, 1.54) is 6.92 Å². The fourth-order valence-corrected chi connectivity index (χ4v) is 2.63. The van der Waals surface area contributed by atoms with Crippen LogP contribution in [0.4, 0.5) is 5.69 Å². The highest BCUT2D eigenvalue weighted by Gasteiger charge is 2.20. The van der Waals surface area contributed by atoms with Crippen molar-refractivity contribution in [2.75, 3.05) is 5.32 Å². The highest BCUT2D eigenvalue weighted by molar-refractivity contribution is 5.88. The van der Waals surface area contributed by atoms with Crippen LogP contribution in [-0.2, 0) is 11.4 Å². The number of hydrogen-bond acceptors (Lipinski definition) is 4. The molecule has 0 unspecified atom stereocenters. The van der Waals surface area contributed by atoms with E-state index >= 15 is 0 Å². The lowest BCUT2D eigenvalue weighted by molar-refractivity contribution is -0.114. The lowest BCUT2D eigenvalue weighted by atomic mass is 9.97. The number of anilines is 1. The molecule has 0 aliphatic carbocycles. The van der Waals surface area contributed by atoms with Crippen LogP contribution in [0.25, 0.3) is 5.69 Å². The summed E-state index contributed by atoms with van der Waals surface area (Å²) in [5.74, 6) is 0.161. The van der Waals surface area contributed by atoms with Gasteiger partial charge in [-0.3, -0.25) is 4.79 Å². The van der Waals surface area contributed by atoms with E-state index in [0.717, 1.165) is 24.2 Å². The van der Waals surface area contributed by atoms with Crippen molar-refractivity contribution >= 4 is 11.6 Å². The predicted molar refractivity (Wildman–Crippen MR) is 84.9 cm³/mol. The van der Waals surface area contributed by atoms with Gasteiger partial charge in [0.15, 0.2) is 0 Å². The molecule has 6 heteroatoms. The van der Waals surface area contributed by atoms with Crippen molar-refractivity contribution in [3.8, 4) is 5.69 Å². The highest BCUT2D eigenvalue weighted by Crippen LogP contribution is 2.28. The fraction of sp³-hybridized carbons (Fsp3) is 0.438. The third-order valence-electron chi connectivity index (χ3n) is 3.71. The van der Waals surface area contributed by atoms with Crippen LogP contribution in [0.2, 0.25) is 0 Å². The van der Waals surface area contributed by atoms with Gasteiger partial charge in [-0.2, -0.15) is 0 Å². The molecule has 2 rings (SSSR count). The number of aromatic nitrogens is 3. The molecular formula is C16H22N4O2. The first kappa shape index (κ1) is 16.2. The first-order valence-electron chi connectivity index (χ1n) is 7.54. The molecule has 1 aromatic heterocycles. The van der Waals surface area contributed by atoms with E-state index < -0.39 is 0 Å². The SMILES string of the molecule is CCC(CC)c1c(CO)nnn1-c1cccc(NC(C)=O)c1. The minimum atomic E-state index is -0.128. The van der Waals surface area contributed by atoms with Gasteiger partial charge in [0.25, 0.3) is 0 Å². The van der Waals surface area contributed by atoms with E-state index in [1.54, 1.807) is 4.68 Å². The van der Waals surface area contributed by atoms with Crippen molar-refractivity contribution < 1.29 is 9.90 Å². The smallest absolute Gasteiger partial charge is 0.221 e. The van der Waals surface area contributed by atoms with Crippen molar-refractivity contribution in [1.29, 1.82) is 0 Å². The monoisotopic (exact) mass is 302 g/mol. The Morgan fingerprint density at radius 3 is 2.68 bits per heavy atom. The molecule has 0 fully saturated rings. The number of nitrogens with one attached hydrogen (secondary N) is 1. The number of hydrogen-bond donors (Lipinski definition) is 2. The maximum atomic E-state index is 11.2. The Hall–Kier alpha value is -2.21. The van der Waals surface area contributed by atoms with E-state index in [4.69, 9.17) is 0 Å². The van der Waals surface area contributed by atoms with Gasteiger partial charge in [0.05, 0.1) is 18.0 Å². The third-order valence-corrected chi connectivity index (χ3v) is 3.71. The molecule has 2 N–H and O–H groups in total. The topological polar surface area (TPSA) is 80.0 Å². The molecule has 6 nitrogen and oxygen atoms in total. The van der Waals surface area contributed by atoms with Gasteiger partial charge >= 0.3 is 0 Å². The molecule has 2 aromatic rings. The van der Waals surface area contributed by atoms with Gasteiger partial charge in [0.2, 0.25) is 5.91 Å². The first-order chi connectivity index (χ1) is 10.6. The largest absolute Gasteiger partial charge is 0.390 e. The molecule has 0 bridgehead atoms. The van der Waals surface area contributed by atoms with Crippen LogP contribution in [0.15, 0.2) is 24.3 Å². The summed E-state index contributed by atoms with van der Waals surface area (Å²) in [4.78, 5) is 11.2. The second kappa shape index (κ2) is 7.17. The maximum absolute atomic E-state index is 11.2. The quantitative estimate of drug-likeness (QED) is 0.859. The molecule has 0 saturated heterocycles. The van der Waals surface area contributed by atoms with Crippen LogP contribution in [0.1, 0.15) is 50.9 Å². The van der Waals surface area contributed by atoms with Crippen molar-refractivity contribution in [3.05, 3.63) is 35.7 Å². The average molecular weight is 302 g/mol. The second-order valence-electron chi connectivity index (χ2n) is 5.24. The molecule has 1 heterocycles. The van der Waals surface area contributed by atoms with E-state index in [-0.39, 0.29) is 18.4 Å². The summed E-state index contributed by atoms with van der Waals surface area (Å²) < 4.78 is 1.76. The molecule has 0 saturated carbocycles. The van der Waals surface area contributed by atoms with E-state index in [2.05, 4.69) is 29.5 Å². The molecule has 1 aromatic carbocycles.